The third kappa shape index (κ3) is 3.05. The van der Waals surface area contributed by atoms with E-state index in [1.807, 2.05) is 0 Å². The molecule has 0 aromatic heterocycles. The van der Waals surface area contributed by atoms with Crippen molar-refractivity contribution < 1.29 is 14.9 Å². The van der Waals surface area contributed by atoms with Gasteiger partial charge in [0.25, 0.3) is 0 Å². The van der Waals surface area contributed by atoms with Gasteiger partial charge < -0.3 is 14.9 Å². The second-order valence-corrected chi connectivity index (χ2v) is 7.37. The van der Waals surface area contributed by atoms with Gasteiger partial charge in [-0.1, -0.05) is 32.1 Å². The summed E-state index contributed by atoms with van der Waals surface area (Å²) < 4.78 is 6.04. The Morgan fingerprint density at radius 2 is 1.45 bits per heavy atom. The molecule has 2 saturated carbocycles. The zero-order chi connectivity index (χ0) is 14.0. The van der Waals surface area contributed by atoms with E-state index in [2.05, 4.69) is 0 Å². The predicted molar refractivity (Wildman–Crippen MR) is 78.5 cm³/mol. The summed E-state index contributed by atoms with van der Waals surface area (Å²) in [6.45, 7) is 0.763. The van der Waals surface area contributed by atoms with Crippen molar-refractivity contribution in [2.75, 3.05) is 6.61 Å². The fourth-order valence-electron chi connectivity index (χ4n) is 4.76. The van der Waals surface area contributed by atoms with E-state index in [9.17, 15) is 10.2 Å². The Morgan fingerprint density at radius 1 is 0.800 bits per heavy atom. The van der Waals surface area contributed by atoms with Gasteiger partial charge in [-0.15, -0.1) is 0 Å². The standard InChI is InChI=1S/C17H30O3/c18-15(13-6-2-1-3-7-13)16(19)14-8-11-20-17(12-14)9-4-5-10-17/h13-16,18-19H,1-12H2. The monoisotopic (exact) mass is 282 g/mol. The molecule has 3 nitrogen and oxygen atoms in total. The molecule has 2 aliphatic carbocycles. The molecule has 3 rings (SSSR count). The first-order valence-electron chi connectivity index (χ1n) is 8.70. The highest BCUT2D eigenvalue weighted by Gasteiger charge is 2.43. The average Bonchev–Trinajstić information content (AvgIpc) is 2.94. The molecular weight excluding hydrogens is 252 g/mol. The highest BCUT2D eigenvalue weighted by atomic mass is 16.5. The maximum absolute atomic E-state index is 10.6. The summed E-state index contributed by atoms with van der Waals surface area (Å²) in [5.41, 5.74) is 0.0379. The molecule has 0 amide bonds. The number of hydrogen-bond donors (Lipinski definition) is 2. The number of aliphatic hydroxyl groups excluding tert-OH is 2. The van der Waals surface area contributed by atoms with Crippen molar-refractivity contribution in [3.63, 3.8) is 0 Å². The van der Waals surface area contributed by atoms with Gasteiger partial charge in [0.05, 0.1) is 17.8 Å². The topological polar surface area (TPSA) is 49.7 Å². The van der Waals surface area contributed by atoms with Crippen LogP contribution in [0.4, 0.5) is 0 Å². The van der Waals surface area contributed by atoms with Crippen LogP contribution in [0.3, 0.4) is 0 Å². The Morgan fingerprint density at radius 3 is 2.15 bits per heavy atom. The van der Waals surface area contributed by atoms with E-state index in [-0.39, 0.29) is 11.5 Å². The van der Waals surface area contributed by atoms with Crippen molar-refractivity contribution in [1.82, 2.24) is 0 Å². The van der Waals surface area contributed by atoms with E-state index in [1.54, 1.807) is 0 Å². The molecule has 0 aromatic rings. The quantitative estimate of drug-likeness (QED) is 0.836. The molecule has 3 aliphatic rings. The molecule has 3 atom stereocenters. The van der Waals surface area contributed by atoms with Gasteiger partial charge in [-0.2, -0.15) is 0 Å². The minimum absolute atomic E-state index is 0.0379. The fraction of sp³-hybridized carbons (Fsp3) is 1.00. The van der Waals surface area contributed by atoms with Crippen LogP contribution in [0.15, 0.2) is 0 Å². The largest absolute Gasteiger partial charge is 0.390 e. The highest BCUT2D eigenvalue weighted by Crippen LogP contribution is 2.44. The number of ether oxygens (including phenoxy) is 1. The first-order valence-corrected chi connectivity index (χ1v) is 8.70. The molecule has 116 valence electrons. The lowest BCUT2D eigenvalue weighted by Gasteiger charge is -2.42. The van der Waals surface area contributed by atoms with Gasteiger partial charge in [0, 0.05) is 6.61 Å². The van der Waals surface area contributed by atoms with E-state index in [0.717, 1.165) is 45.1 Å². The normalized spacial score (nSPS) is 34.2. The van der Waals surface area contributed by atoms with Crippen LogP contribution in [-0.2, 0) is 4.74 Å². The number of rotatable bonds is 3. The lowest BCUT2D eigenvalue weighted by Crippen LogP contribution is -2.46. The fourth-order valence-corrected chi connectivity index (χ4v) is 4.76. The van der Waals surface area contributed by atoms with E-state index < -0.39 is 12.2 Å². The molecule has 3 heteroatoms. The third-order valence-corrected chi connectivity index (χ3v) is 6.01. The van der Waals surface area contributed by atoms with E-state index in [0.29, 0.717) is 5.92 Å². The van der Waals surface area contributed by atoms with Crippen LogP contribution in [0, 0.1) is 11.8 Å². The Kier molecular flexibility index (Phi) is 4.68. The van der Waals surface area contributed by atoms with Crippen molar-refractivity contribution >= 4 is 0 Å². The van der Waals surface area contributed by atoms with Crippen molar-refractivity contribution in [3.8, 4) is 0 Å². The molecule has 1 heterocycles. The maximum atomic E-state index is 10.6. The SMILES string of the molecule is OC(C1CCCCC1)C(O)C1CCOC2(CCCC2)C1. The van der Waals surface area contributed by atoms with Gasteiger partial charge >= 0.3 is 0 Å². The van der Waals surface area contributed by atoms with Gasteiger partial charge in [0.2, 0.25) is 0 Å². The summed E-state index contributed by atoms with van der Waals surface area (Å²) in [6.07, 6.45) is 11.5. The maximum Gasteiger partial charge on any atom is 0.0831 e. The summed E-state index contributed by atoms with van der Waals surface area (Å²) in [6, 6.07) is 0. The average molecular weight is 282 g/mol. The van der Waals surface area contributed by atoms with Gasteiger partial charge in [-0.25, -0.2) is 0 Å². The summed E-state index contributed by atoms with van der Waals surface area (Å²) in [5.74, 6) is 0.555. The van der Waals surface area contributed by atoms with Gasteiger partial charge in [0.1, 0.15) is 0 Å². The second kappa shape index (κ2) is 6.33. The Bertz CT molecular complexity index is 305. The first-order chi connectivity index (χ1) is 9.70. The minimum atomic E-state index is -0.542. The zero-order valence-corrected chi connectivity index (χ0v) is 12.6. The molecule has 3 fully saturated rings. The van der Waals surface area contributed by atoms with Crippen molar-refractivity contribution in [2.45, 2.75) is 88.4 Å². The molecular formula is C17H30O3. The smallest absolute Gasteiger partial charge is 0.0831 e. The summed E-state index contributed by atoms with van der Waals surface area (Å²) in [7, 11) is 0. The number of hydrogen-bond acceptors (Lipinski definition) is 3. The molecule has 0 bridgehead atoms. The molecule has 20 heavy (non-hydrogen) atoms. The van der Waals surface area contributed by atoms with Gasteiger partial charge in [-0.05, 0) is 50.4 Å². The van der Waals surface area contributed by atoms with Crippen molar-refractivity contribution in [1.29, 1.82) is 0 Å². The molecule has 1 spiro atoms. The molecule has 3 unspecified atom stereocenters. The van der Waals surface area contributed by atoms with Crippen LogP contribution in [0.1, 0.15) is 70.6 Å². The van der Waals surface area contributed by atoms with Crippen LogP contribution in [0.2, 0.25) is 0 Å². The van der Waals surface area contributed by atoms with E-state index in [1.165, 1.54) is 32.1 Å². The summed E-state index contributed by atoms with van der Waals surface area (Å²) in [4.78, 5) is 0. The van der Waals surface area contributed by atoms with E-state index in [4.69, 9.17) is 4.74 Å². The van der Waals surface area contributed by atoms with Gasteiger partial charge in [0.15, 0.2) is 0 Å². The van der Waals surface area contributed by atoms with Gasteiger partial charge in [-0.3, -0.25) is 0 Å². The van der Waals surface area contributed by atoms with Crippen molar-refractivity contribution in [2.24, 2.45) is 11.8 Å². The highest BCUT2D eigenvalue weighted by molar-refractivity contribution is 4.95. The minimum Gasteiger partial charge on any atom is -0.390 e. The van der Waals surface area contributed by atoms with E-state index >= 15 is 0 Å². The number of aliphatic hydroxyl groups is 2. The molecule has 0 aromatic carbocycles. The molecule has 0 radical (unpaired) electrons. The molecule has 1 saturated heterocycles. The van der Waals surface area contributed by atoms with Crippen LogP contribution < -0.4 is 0 Å². The van der Waals surface area contributed by atoms with Crippen LogP contribution >= 0.6 is 0 Å². The third-order valence-electron chi connectivity index (χ3n) is 6.01. The van der Waals surface area contributed by atoms with Crippen LogP contribution in [-0.4, -0.2) is 34.6 Å². The molecule has 2 N–H and O–H groups in total. The lowest BCUT2D eigenvalue weighted by molar-refractivity contribution is -0.136. The predicted octanol–water partition coefficient (Wildman–Crippen LogP) is 3.03. The second-order valence-electron chi connectivity index (χ2n) is 7.37. The summed E-state index contributed by atoms with van der Waals surface area (Å²) in [5, 5.41) is 21.2. The molecule has 1 aliphatic heterocycles. The Balaban J connectivity index is 1.59. The Hall–Kier alpha value is -0.120. The Labute approximate surface area is 122 Å². The van der Waals surface area contributed by atoms with Crippen molar-refractivity contribution in [3.05, 3.63) is 0 Å². The zero-order valence-electron chi connectivity index (χ0n) is 12.6. The van der Waals surface area contributed by atoms with Crippen LogP contribution in [0.25, 0.3) is 0 Å². The summed E-state index contributed by atoms with van der Waals surface area (Å²) >= 11 is 0. The van der Waals surface area contributed by atoms with Crippen LogP contribution in [0.5, 0.6) is 0 Å². The lowest BCUT2D eigenvalue weighted by atomic mass is 9.75. The first kappa shape index (κ1) is 14.8.